The smallest absolute Gasteiger partial charge is 0.253 e. The Morgan fingerprint density at radius 1 is 1.12 bits per heavy atom. The fourth-order valence-corrected chi connectivity index (χ4v) is 2.49. The highest BCUT2D eigenvalue weighted by atomic mass is 35.5. The van der Waals surface area contributed by atoms with Crippen LogP contribution < -0.4 is 15.4 Å². The molecule has 0 saturated carbocycles. The van der Waals surface area contributed by atoms with Gasteiger partial charge in [-0.2, -0.15) is 0 Å². The first-order valence-electron chi connectivity index (χ1n) is 7.65. The van der Waals surface area contributed by atoms with Gasteiger partial charge in [-0.05, 0) is 30.3 Å². The van der Waals surface area contributed by atoms with Crippen molar-refractivity contribution in [3.63, 3.8) is 0 Å². The summed E-state index contributed by atoms with van der Waals surface area (Å²) >= 11 is 11.8. The van der Waals surface area contributed by atoms with E-state index in [2.05, 4.69) is 22.5 Å². The van der Waals surface area contributed by atoms with Crippen molar-refractivity contribution in [3.8, 4) is 17.6 Å². The highest BCUT2D eigenvalue weighted by Crippen LogP contribution is 2.20. The maximum atomic E-state index is 12.0. The highest BCUT2D eigenvalue weighted by Gasteiger charge is 2.09. The van der Waals surface area contributed by atoms with Gasteiger partial charge in [0.1, 0.15) is 12.4 Å². The molecule has 5 nitrogen and oxygen atoms in total. The van der Waals surface area contributed by atoms with Crippen LogP contribution in [0.2, 0.25) is 10.0 Å². The van der Waals surface area contributed by atoms with Crippen molar-refractivity contribution >= 4 is 40.7 Å². The van der Waals surface area contributed by atoms with Crippen LogP contribution in [0.1, 0.15) is 17.3 Å². The molecule has 0 fully saturated rings. The van der Waals surface area contributed by atoms with Crippen LogP contribution in [0.4, 0.5) is 5.69 Å². The topological polar surface area (TPSA) is 67.4 Å². The lowest BCUT2D eigenvalue weighted by Crippen LogP contribution is -2.23. The van der Waals surface area contributed by atoms with Crippen molar-refractivity contribution in [2.45, 2.75) is 6.92 Å². The molecule has 0 aliphatic heterocycles. The summed E-state index contributed by atoms with van der Waals surface area (Å²) in [7, 11) is 0. The van der Waals surface area contributed by atoms with Crippen LogP contribution >= 0.6 is 23.2 Å². The fraction of sp³-hybridized carbons (Fsp3) is 0.158. The zero-order valence-corrected chi connectivity index (χ0v) is 15.4. The number of nitrogens with one attached hydrogen (secondary N) is 2. The van der Waals surface area contributed by atoms with E-state index in [1.165, 1.54) is 13.0 Å². The second-order valence-electron chi connectivity index (χ2n) is 5.16. The van der Waals surface area contributed by atoms with Crippen molar-refractivity contribution < 1.29 is 14.3 Å². The zero-order chi connectivity index (χ0) is 18.9. The maximum Gasteiger partial charge on any atom is 0.253 e. The predicted molar refractivity (Wildman–Crippen MR) is 103 cm³/mol. The van der Waals surface area contributed by atoms with Crippen LogP contribution in [0.25, 0.3) is 0 Å². The van der Waals surface area contributed by atoms with Gasteiger partial charge in [-0.1, -0.05) is 41.1 Å². The Bertz CT molecular complexity index is 873. The van der Waals surface area contributed by atoms with Gasteiger partial charge >= 0.3 is 0 Å². The Morgan fingerprint density at radius 2 is 1.92 bits per heavy atom. The Balaban J connectivity index is 1.79. The molecule has 0 aliphatic carbocycles. The molecule has 2 aromatic carbocycles. The normalized spacial score (nSPS) is 9.65. The second-order valence-corrected chi connectivity index (χ2v) is 6.00. The zero-order valence-electron chi connectivity index (χ0n) is 13.9. The summed E-state index contributed by atoms with van der Waals surface area (Å²) in [4.78, 5) is 23.0. The van der Waals surface area contributed by atoms with Gasteiger partial charge in [0.2, 0.25) is 5.91 Å². The Morgan fingerprint density at radius 3 is 2.65 bits per heavy atom. The third kappa shape index (κ3) is 6.32. The summed E-state index contributed by atoms with van der Waals surface area (Å²) in [5, 5.41) is 6.06. The van der Waals surface area contributed by atoms with E-state index >= 15 is 0 Å². The number of halogens is 2. The SMILES string of the molecule is CC(=O)Nc1cccc(OCC#CCNC(=O)c2ccc(Cl)cc2Cl)c1. The number of rotatable bonds is 5. The summed E-state index contributed by atoms with van der Waals surface area (Å²) in [6.45, 7) is 1.75. The molecular formula is C19H16Cl2N2O3. The first kappa shape index (κ1) is 19.6. The molecule has 0 bridgehead atoms. The van der Waals surface area contributed by atoms with Crippen LogP contribution in [0.3, 0.4) is 0 Å². The van der Waals surface area contributed by atoms with Gasteiger partial charge in [0.05, 0.1) is 17.1 Å². The average Bonchev–Trinajstić information content (AvgIpc) is 2.57. The lowest BCUT2D eigenvalue weighted by atomic mass is 10.2. The van der Waals surface area contributed by atoms with E-state index < -0.39 is 0 Å². The Hall–Kier alpha value is -2.68. The predicted octanol–water partition coefficient (Wildman–Crippen LogP) is 3.76. The molecule has 0 unspecified atom stereocenters. The molecule has 7 heteroatoms. The third-order valence-electron chi connectivity index (χ3n) is 3.10. The van der Waals surface area contributed by atoms with Gasteiger partial charge in [-0.3, -0.25) is 9.59 Å². The van der Waals surface area contributed by atoms with Gasteiger partial charge in [-0.15, -0.1) is 0 Å². The number of carbonyl (C=O) groups is 2. The molecule has 0 radical (unpaired) electrons. The molecule has 2 amide bonds. The first-order valence-corrected chi connectivity index (χ1v) is 8.41. The van der Waals surface area contributed by atoms with E-state index in [1.54, 1.807) is 36.4 Å². The van der Waals surface area contributed by atoms with Crippen LogP contribution in [-0.4, -0.2) is 25.0 Å². The maximum absolute atomic E-state index is 12.0. The minimum Gasteiger partial charge on any atom is -0.481 e. The molecular weight excluding hydrogens is 375 g/mol. The summed E-state index contributed by atoms with van der Waals surface area (Å²) in [6.07, 6.45) is 0. The van der Waals surface area contributed by atoms with Gasteiger partial charge in [0.15, 0.2) is 0 Å². The highest BCUT2D eigenvalue weighted by molar-refractivity contribution is 6.36. The van der Waals surface area contributed by atoms with Crippen LogP contribution in [0.15, 0.2) is 42.5 Å². The molecule has 0 saturated heterocycles. The monoisotopic (exact) mass is 390 g/mol. The first-order chi connectivity index (χ1) is 12.5. The molecule has 0 heterocycles. The van der Waals surface area contributed by atoms with E-state index in [-0.39, 0.29) is 30.0 Å². The lowest BCUT2D eigenvalue weighted by molar-refractivity contribution is -0.114. The van der Waals surface area contributed by atoms with Crippen molar-refractivity contribution in [2.75, 3.05) is 18.5 Å². The number of ether oxygens (including phenoxy) is 1. The summed E-state index contributed by atoms with van der Waals surface area (Å²) in [5.41, 5.74) is 0.985. The van der Waals surface area contributed by atoms with Gasteiger partial charge in [0.25, 0.3) is 5.91 Å². The van der Waals surface area contributed by atoms with Crippen LogP contribution in [-0.2, 0) is 4.79 Å². The number of anilines is 1. The van der Waals surface area contributed by atoms with E-state index in [9.17, 15) is 9.59 Å². The second kappa shape index (κ2) is 9.71. The van der Waals surface area contributed by atoms with E-state index in [1.807, 2.05) is 0 Å². The summed E-state index contributed by atoms with van der Waals surface area (Å²) < 4.78 is 5.48. The van der Waals surface area contributed by atoms with E-state index in [0.29, 0.717) is 22.0 Å². The molecule has 0 spiro atoms. The van der Waals surface area contributed by atoms with Crippen LogP contribution in [0.5, 0.6) is 5.75 Å². The number of hydrogen-bond donors (Lipinski definition) is 2. The quantitative estimate of drug-likeness (QED) is 0.763. The summed E-state index contributed by atoms with van der Waals surface area (Å²) in [6, 6.07) is 11.6. The third-order valence-corrected chi connectivity index (χ3v) is 3.65. The van der Waals surface area contributed by atoms with Crippen molar-refractivity contribution in [1.82, 2.24) is 5.32 Å². The van der Waals surface area contributed by atoms with Crippen molar-refractivity contribution in [1.29, 1.82) is 0 Å². The summed E-state index contributed by atoms with van der Waals surface area (Å²) in [5.74, 6) is 5.69. The molecule has 2 aromatic rings. The molecule has 26 heavy (non-hydrogen) atoms. The van der Waals surface area contributed by atoms with E-state index in [4.69, 9.17) is 27.9 Å². The molecule has 0 atom stereocenters. The molecule has 2 N–H and O–H groups in total. The molecule has 0 aromatic heterocycles. The fourth-order valence-electron chi connectivity index (χ4n) is 1.99. The van der Waals surface area contributed by atoms with Gasteiger partial charge < -0.3 is 15.4 Å². The number of carbonyl (C=O) groups excluding carboxylic acids is 2. The molecule has 2 rings (SSSR count). The molecule has 134 valence electrons. The van der Waals surface area contributed by atoms with Gasteiger partial charge in [0, 0.05) is 23.7 Å². The Labute approximate surface area is 161 Å². The lowest BCUT2D eigenvalue weighted by Gasteiger charge is -2.06. The Kier molecular flexibility index (Phi) is 7.34. The molecule has 0 aliphatic rings. The average molecular weight is 391 g/mol. The number of hydrogen-bond acceptors (Lipinski definition) is 3. The van der Waals surface area contributed by atoms with Crippen molar-refractivity contribution in [2.24, 2.45) is 0 Å². The minimum absolute atomic E-state index is 0.154. The van der Waals surface area contributed by atoms with Crippen molar-refractivity contribution in [3.05, 3.63) is 58.1 Å². The minimum atomic E-state index is -0.329. The largest absolute Gasteiger partial charge is 0.481 e. The number of benzene rings is 2. The number of amides is 2. The standard InChI is InChI=1S/C19H16Cl2N2O3/c1-13(24)23-15-5-4-6-16(12-15)26-10-3-2-9-22-19(25)17-8-7-14(20)11-18(17)21/h4-8,11-12H,9-10H2,1H3,(H,22,25)(H,23,24). The van der Waals surface area contributed by atoms with E-state index in [0.717, 1.165) is 0 Å². The van der Waals surface area contributed by atoms with Crippen LogP contribution in [0, 0.1) is 11.8 Å². The van der Waals surface area contributed by atoms with Gasteiger partial charge in [-0.25, -0.2) is 0 Å².